The number of likely N-dealkylation sites (tertiary alicyclic amines) is 1. The van der Waals surface area contributed by atoms with Crippen LogP contribution in [0.25, 0.3) is 0 Å². The van der Waals surface area contributed by atoms with Gasteiger partial charge in [0.05, 0.1) is 17.8 Å². The Kier molecular flexibility index (Phi) is 7.63. The molecule has 2 aliphatic heterocycles. The predicted molar refractivity (Wildman–Crippen MR) is 129 cm³/mol. The van der Waals surface area contributed by atoms with Crippen LogP contribution in [0.3, 0.4) is 0 Å². The molecule has 2 saturated heterocycles. The van der Waals surface area contributed by atoms with Crippen molar-refractivity contribution in [1.82, 2.24) is 9.88 Å². The number of carbonyl (C=O) groups is 1. The predicted octanol–water partition coefficient (Wildman–Crippen LogP) is 4.44. The lowest BCUT2D eigenvalue weighted by Gasteiger charge is -2.39. The number of anilines is 2. The molecular formula is C26H36N4O2. The van der Waals surface area contributed by atoms with E-state index in [1.54, 1.807) is 6.20 Å². The number of nitrogens with zero attached hydrogens (tertiary/aromatic N) is 3. The average molecular weight is 437 g/mol. The highest BCUT2D eigenvalue weighted by Gasteiger charge is 2.33. The number of nitrogens with one attached hydrogen (secondary N) is 1. The SMILES string of the molecule is CCCC(C)CN1CCC(Oc2ccc(NC(=O)C3CN(c4cccnc4)C3)cc2)CC1. The van der Waals surface area contributed by atoms with E-state index in [1.807, 2.05) is 42.6 Å². The van der Waals surface area contributed by atoms with Gasteiger partial charge < -0.3 is 19.9 Å². The van der Waals surface area contributed by atoms with Crippen molar-refractivity contribution in [2.24, 2.45) is 11.8 Å². The van der Waals surface area contributed by atoms with Crippen LogP contribution < -0.4 is 15.0 Å². The van der Waals surface area contributed by atoms with Crippen molar-refractivity contribution in [3.8, 4) is 5.75 Å². The van der Waals surface area contributed by atoms with Crippen LogP contribution in [0.15, 0.2) is 48.8 Å². The second-order valence-electron chi connectivity index (χ2n) is 9.34. The third kappa shape index (κ3) is 6.00. The number of hydrogen-bond donors (Lipinski definition) is 1. The fraction of sp³-hybridized carbons (Fsp3) is 0.538. The third-order valence-electron chi connectivity index (χ3n) is 6.57. The van der Waals surface area contributed by atoms with E-state index in [2.05, 4.69) is 33.9 Å². The van der Waals surface area contributed by atoms with Gasteiger partial charge in [0.15, 0.2) is 0 Å². The van der Waals surface area contributed by atoms with Gasteiger partial charge in [0.25, 0.3) is 0 Å². The molecule has 3 heterocycles. The van der Waals surface area contributed by atoms with Crippen LogP contribution in [0.2, 0.25) is 0 Å². The molecule has 1 aromatic heterocycles. The highest BCUT2D eigenvalue weighted by Crippen LogP contribution is 2.26. The van der Waals surface area contributed by atoms with Crippen LogP contribution in [0.5, 0.6) is 5.75 Å². The largest absolute Gasteiger partial charge is 0.490 e. The molecule has 1 unspecified atom stereocenters. The minimum atomic E-state index is 0.0105. The Balaban J connectivity index is 1.18. The first-order chi connectivity index (χ1) is 15.6. The molecule has 2 aromatic rings. The standard InChI is InChI=1S/C26H36N4O2/c1-3-5-20(2)17-29-14-11-25(12-15-29)32-24-9-7-22(8-10-24)28-26(31)21-18-30(19-21)23-6-4-13-27-16-23/h4,6-10,13,16,20-21,25H,3,5,11-12,14-15,17-19H2,1-2H3,(H,28,31). The number of benzene rings is 1. The molecule has 4 rings (SSSR count). The van der Waals surface area contributed by atoms with Gasteiger partial charge >= 0.3 is 0 Å². The van der Waals surface area contributed by atoms with Crippen molar-refractivity contribution in [2.45, 2.75) is 45.6 Å². The Labute approximate surface area is 192 Å². The number of amides is 1. The topological polar surface area (TPSA) is 57.7 Å². The highest BCUT2D eigenvalue weighted by atomic mass is 16.5. The van der Waals surface area contributed by atoms with Crippen LogP contribution in [-0.4, -0.2) is 54.6 Å². The molecule has 0 radical (unpaired) electrons. The lowest BCUT2D eigenvalue weighted by molar-refractivity contribution is -0.120. The van der Waals surface area contributed by atoms with Gasteiger partial charge in [0.1, 0.15) is 11.9 Å². The van der Waals surface area contributed by atoms with Gasteiger partial charge in [-0.05, 0) is 61.6 Å². The van der Waals surface area contributed by atoms with Gasteiger partial charge in [0.2, 0.25) is 5.91 Å². The summed E-state index contributed by atoms with van der Waals surface area (Å²) in [4.78, 5) is 21.4. The Bertz CT molecular complexity index is 844. The molecule has 0 bridgehead atoms. The van der Waals surface area contributed by atoms with E-state index < -0.39 is 0 Å². The highest BCUT2D eigenvalue weighted by molar-refractivity contribution is 5.94. The molecule has 1 amide bonds. The Morgan fingerprint density at radius 1 is 1.19 bits per heavy atom. The van der Waals surface area contributed by atoms with Gasteiger partial charge in [-0.2, -0.15) is 0 Å². The van der Waals surface area contributed by atoms with E-state index in [1.165, 1.54) is 19.4 Å². The van der Waals surface area contributed by atoms with Crippen molar-refractivity contribution in [3.63, 3.8) is 0 Å². The number of hydrogen-bond acceptors (Lipinski definition) is 5. The van der Waals surface area contributed by atoms with Gasteiger partial charge in [-0.3, -0.25) is 9.78 Å². The van der Waals surface area contributed by atoms with Gasteiger partial charge in [-0.25, -0.2) is 0 Å². The molecule has 1 aromatic carbocycles. The van der Waals surface area contributed by atoms with Crippen molar-refractivity contribution in [1.29, 1.82) is 0 Å². The normalized spacial score (nSPS) is 18.8. The van der Waals surface area contributed by atoms with E-state index in [4.69, 9.17) is 4.74 Å². The number of pyridine rings is 1. The summed E-state index contributed by atoms with van der Waals surface area (Å²) in [6.45, 7) is 9.51. The molecular weight excluding hydrogens is 400 g/mol. The fourth-order valence-corrected chi connectivity index (χ4v) is 4.68. The van der Waals surface area contributed by atoms with Crippen molar-refractivity contribution in [3.05, 3.63) is 48.8 Å². The van der Waals surface area contributed by atoms with Crippen LogP contribution in [-0.2, 0) is 4.79 Å². The quantitative estimate of drug-likeness (QED) is 0.630. The number of rotatable bonds is 9. The zero-order valence-corrected chi connectivity index (χ0v) is 19.4. The first kappa shape index (κ1) is 22.6. The molecule has 32 heavy (non-hydrogen) atoms. The average Bonchev–Trinajstić information content (AvgIpc) is 2.76. The van der Waals surface area contributed by atoms with Crippen molar-refractivity contribution >= 4 is 17.3 Å². The number of ether oxygens (including phenoxy) is 1. The van der Waals surface area contributed by atoms with E-state index >= 15 is 0 Å². The Morgan fingerprint density at radius 2 is 1.94 bits per heavy atom. The van der Waals surface area contributed by atoms with Gasteiger partial charge in [-0.15, -0.1) is 0 Å². The molecule has 172 valence electrons. The van der Waals surface area contributed by atoms with Crippen LogP contribution in [0, 0.1) is 11.8 Å². The summed E-state index contributed by atoms with van der Waals surface area (Å²) in [5.74, 6) is 1.74. The zero-order valence-electron chi connectivity index (χ0n) is 19.4. The molecule has 1 N–H and O–H groups in total. The summed E-state index contributed by atoms with van der Waals surface area (Å²) in [6, 6.07) is 11.8. The van der Waals surface area contributed by atoms with E-state index in [9.17, 15) is 4.79 Å². The third-order valence-corrected chi connectivity index (χ3v) is 6.57. The summed E-state index contributed by atoms with van der Waals surface area (Å²) in [5, 5.41) is 3.04. The molecule has 0 spiro atoms. The van der Waals surface area contributed by atoms with E-state index in [0.29, 0.717) is 0 Å². The second-order valence-corrected chi connectivity index (χ2v) is 9.34. The lowest BCUT2D eigenvalue weighted by atomic mass is 9.98. The van der Waals surface area contributed by atoms with Gasteiger partial charge in [0, 0.05) is 44.6 Å². The summed E-state index contributed by atoms with van der Waals surface area (Å²) < 4.78 is 6.21. The molecule has 1 atom stereocenters. The van der Waals surface area contributed by atoms with Crippen molar-refractivity contribution < 1.29 is 9.53 Å². The Hall–Kier alpha value is -2.60. The first-order valence-electron chi connectivity index (χ1n) is 12.1. The molecule has 2 fully saturated rings. The maximum atomic E-state index is 12.5. The summed E-state index contributed by atoms with van der Waals surface area (Å²) in [6.07, 6.45) is 8.60. The molecule has 0 aliphatic carbocycles. The first-order valence-corrected chi connectivity index (χ1v) is 12.1. The molecule has 2 aliphatic rings. The van der Waals surface area contributed by atoms with Crippen LogP contribution >= 0.6 is 0 Å². The number of aromatic nitrogens is 1. The maximum Gasteiger partial charge on any atom is 0.231 e. The van der Waals surface area contributed by atoms with Crippen LogP contribution in [0.1, 0.15) is 39.5 Å². The molecule has 6 nitrogen and oxygen atoms in total. The van der Waals surface area contributed by atoms with E-state index in [-0.39, 0.29) is 17.9 Å². The van der Waals surface area contributed by atoms with Gasteiger partial charge in [-0.1, -0.05) is 20.3 Å². The minimum Gasteiger partial charge on any atom is -0.490 e. The maximum absolute atomic E-state index is 12.5. The summed E-state index contributed by atoms with van der Waals surface area (Å²) >= 11 is 0. The summed E-state index contributed by atoms with van der Waals surface area (Å²) in [5.41, 5.74) is 1.89. The Morgan fingerprint density at radius 3 is 2.59 bits per heavy atom. The summed E-state index contributed by atoms with van der Waals surface area (Å²) in [7, 11) is 0. The smallest absolute Gasteiger partial charge is 0.231 e. The lowest BCUT2D eigenvalue weighted by Crippen LogP contribution is -2.52. The fourth-order valence-electron chi connectivity index (χ4n) is 4.68. The minimum absolute atomic E-state index is 0.0105. The van der Waals surface area contributed by atoms with E-state index in [0.717, 1.165) is 62.1 Å². The number of piperidine rings is 1. The van der Waals surface area contributed by atoms with Crippen molar-refractivity contribution in [2.75, 3.05) is 42.9 Å². The monoisotopic (exact) mass is 436 g/mol. The number of carbonyl (C=O) groups excluding carboxylic acids is 1. The molecule has 6 heteroatoms. The zero-order chi connectivity index (χ0) is 22.3. The second kappa shape index (κ2) is 10.8. The van der Waals surface area contributed by atoms with Crippen LogP contribution in [0.4, 0.5) is 11.4 Å². The molecule has 0 saturated carbocycles.